The van der Waals surface area contributed by atoms with Crippen molar-refractivity contribution >= 4 is 11.7 Å². The van der Waals surface area contributed by atoms with Gasteiger partial charge in [0.15, 0.2) is 11.7 Å². The summed E-state index contributed by atoms with van der Waals surface area (Å²) in [4.78, 5) is 0. The van der Waals surface area contributed by atoms with Crippen LogP contribution in [0.25, 0.3) is 11.7 Å². The topological polar surface area (TPSA) is 0 Å². The molecule has 0 radical (unpaired) electrons. The molecule has 0 saturated heterocycles. The van der Waals surface area contributed by atoms with Crippen LogP contribution in [0.3, 0.4) is 0 Å². The second-order valence-electron chi connectivity index (χ2n) is 9.06. The van der Waals surface area contributed by atoms with Gasteiger partial charge in [0.2, 0.25) is 0 Å². The Labute approximate surface area is 210 Å². The summed E-state index contributed by atoms with van der Waals surface area (Å²) in [5.74, 6) is 4.76. The Morgan fingerprint density at radius 2 is 1.26 bits per heavy atom. The number of benzene rings is 3. The smallest absolute Gasteiger partial charge is 0.166 e. The van der Waals surface area contributed by atoms with Gasteiger partial charge in [-0.1, -0.05) is 107 Å². The van der Waals surface area contributed by atoms with E-state index in [2.05, 4.69) is 50.8 Å². The van der Waals surface area contributed by atoms with Crippen molar-refractivity contribution < 1.29 is 8.78 Å². The van der Waals surface area contributed by atoms with Crippen LogP contribution < -0.4 is 0 Å². The number of hydrogen-bond donors (Lipinski definition) is 0. The van der Waals surface area contributed by atoms with E-state index in [1.165, 1.54) is 36.8 Å². The number of unbranched alkanes of at least 4 members (excludes halogenated alkanes) is 3. The highest BCUT2D eigenvalue weighted by Gasteiger charge is 2.11. The fraction of sp³-hybridized carbons (Fsp3) is 0.333. The monoisotopic (exact) mass is 470 g/mol. The number of rotatable bonds is 10. The van der Waals surface area contributed by atoms with Crippen LogP contribution in [0.5, 0.6) is 0 Å². The van der Waals surface area contributed by atoms with Gasteiger partial charge < -0.3 is 0 Å². The third-order valence-corrected chi connectivity index (χ3v) is 6.29. The van der Waals surface area contributed by atoms with Crippen LogP contribution in [0.4, 0.5) is 8.78 Å². The lowest BCUT2D eigenvalue weighted by Crippen LogP contribution is -1.93. The molecule has 0 bridgehead atoms. The Balaban J connectivity index is 1.72. The van der Waals surface area contributed by atoms with Crippen molar-refractivity contribution in [3.63, 3.8) is 0 Å². The molecular formula is C33H36F2. The van der Waals surface area contributed by atoms with Crippen molar-refractivity contribution in [2.45, 2.75) is 72.1 Å². The predicted octanol–water partition coefficient (Wildman–Crippen LogP) is 9.49. The highest BCUT2D eigenvalue weighted by molar-refractivity contribution is 5.83. The van der Waals surface area contributed by atoms with E-state index < -0.39 is 11.7 Å². The lowest BCUT2D eigenvalue weighted by Gasteiger charge is -2.07. The SMILES string of the molecule is CCCCCCc1ccc(C#Cc2ccc(/C(F)=C(\F)c3ccc(CCC)cc3)cc2)c(CC)c1. The average Bonchev–Trinajstić information content (AvgIpc) is 2.90. The molecular weight excluding hydrogens is 434 g/mol. The van der Waals surface area contributed by atoms with Gasteiger partial charge in [-0.2, -0.15) is 0 Å². The zero-order valence-electron chi connectivity index (χ0n) is 21.3. The third kappa shape index (κ3) is 7.66. The van der Waals surface area contributed by atoms with Crippen LogP contribution in [0.15, 0.2) is 66.7 Å². The molecule has 0 unspecified atom stereocenters. The maximum Gasteiger partial charge on any atom is 0.166 e. The van der Waals surface area contributed by atoms with E-state index in [-0.39, 0.29) is 11.1 Å². The molecule has 0 aliphatic rings. The Morgan fingerprint density at radius 1 is 0.629 bits per heavy atom. The maximum atomic E-state index is 14.8. The van der Waals surface area contributed by atoms with E-state index in [0.29, 0.717) is 0 Å². The van der Waals surface area contributed by atoms with E-state index in [1.807, 2.05) is 12.1 Å². The molecule has 3 aromatic carbocycles. The lowest BCUT2D eigenvalue weighted by molar-refractivity contribution is 0.666. The van der Waals surface area contributed by atoms with Crippen molar-refractivity contribution in [2.24, 2.45) is 0 Å². The number of hydrogen-bond acceptors (Lipinski definition) is 0. The summed E-state index contributed by atoms with van der Waals surface area (Å²) in [7, 11) is 0. The lowest BCUT2D eigenvalue weighted by atomic mass is 9.98. The summed E-state index contributed by atoms with van der Waals surface area (Å²) < 4.78 is 29.5. The van der Waals surface area contributed by atoms with Gasteiger partial charge in [0.1, 0.15) is 0 Å². The molecule has 2 heteroatoms. The fourth-order valence-corrected chi connectivity index (χ4v) is 4.17. The summed E-state index contributed by atoms with van der Waals surface area (Å²) in [6, 6.07) is 20.2. The normalized spacial score (nSPS) is 11.6. The molecule has 0 aliphatic carbocycles. The first-order chi connectivity index (χ1) is 17.0. The van der Waals surface area contributed by atoms with Gasteiger partial charge in [-0.15, -0.1) is 0 Å². The van der Waals surface area contributed by atoms with Gasteiger partial charge in [0, 0.05) is 22.3 Å². The molecule has 0 aromatic heterocycles. The summed E-state index contributed by atoms with van der Waals surface area (Å²) in [5.41, 5.74) is 6.02. The van der Waals surface area contributed by atoms with Crippen LogP contribution in [0.2, 0.25) is 0 Å². The summed E-state index contributed by atoms with van der Waals surface area (Å²) in [6.45, 7) is 6.48. The van der Waals surface area contributed by atoms with Gasteiger partial charge >= 0.3 is 0 Å². The first-order valence-electron chi connectivity index (χ1n) is 12.9. The number of aryl methyl sites for hydroxylation is 3. The van der Waals surface area contributed by atoms with Crippen molar-refractivity contribution in [2.75, 3.05) is 0 Å². The molecule has 0 atom stereocenters. The minimum Gasteiger partial charge on any atom is -0.203 e. The van der Waals surface area contributed by atoms with Crippen LogP contribution in [-0.2, 0) is 19.3 Å². The molecule has 35 heavy (non-hydrogen) atoms. The minimum atomic E-state index is -0.851. The Bertz CT molecular complexity index is 1170. The maximum absolute atomic E-state index is 14.8. The predicted molar refractivity (Wildman–Crippen MR) is 146 cm³/mol. The summed E-state index contributed by atoms with van der Waals surface area (Å²) in [5, 5.41) is 0. The zero-order chi connectivity index (χ0) is 25.0. The van der Waals surface area contributed by atoms with Crippen molar-refractivity contribution in [3.05, 3.63) is 106 Å². The first-order valence-corrected chi connectivity index (χ1v) is 12.9. The molecule has 0 aliphatic heterocycles. The van der Waals surface area contributed by atoms with E-state index in [4.69, 9.17) is 0 Å². The largest absolute Gasteiger partial charge is 0.203 e. The Kier molecular flexibility index (Phi) is 10.3. The van der Waals surface area contributed by atoms with Gasteiger partial charge in [-0.3, -0.25) is 0 Å². The Hall–Kier alpha value is -3.18. The average molecular weight is 471 g/mol. The molecule has 0 nitrogen and oxygen atoms in total. The van der Waals surface area contributed by atoms with Crippen molar-refractivity contribution in [3.8, 4) is 11.8 Å². The van der Waals surface area contributed by atoms with Gasteiger partial charge in [-0.05, 0) is 60.6 Å². The quantitative estimate of drug-likeness (QED) is 0.157. The minimum absolute atomic E-state index is 0.215. The second kappa shape index (κ2) is 13.6. The molecule has 3 aromatic rings. The van der Waals surface area contributed by atoms with E-state index in [0.717, 1.165) is 42.4 Å². The first kappa shape index (κ1) is 26.4. The van der Waals surface area contributed by atoms with Crippen LogP contribution in [0.1, 0.15) is 91.8 Å². The van der Waals surface area contributed by atoms with Gasteiger partial charge in [-0.25, -0.2) is 8.78 Å². The van der Waals surface area contributed by atoms with Crippen molar-refractivity contribution in [1.29, 1.82) is 0 Å². The molecule has 182 valence electrons. The summed E-state index contributed by atoms with van der Waals surface area (Å²) >= 11 is 0. The van der Waals surface area contributed by atoms with Gasteiger partial charge in [0.25, 0.3) is 0 Å². The molecule has 0 N–H and O–H groups in total. The van der Waals surface area contributed by atoms with Crippen LogP contribution in [-0.4, -0.2) is 0 Å². The molecule has 0 amide bonds. The standard InChI is InChI=1S/C33H36F2/c1-4-7-8-9-11-27-17-19-29(28(6-3)24-27)18-12-26-15-22-31(23-16-26)33(35)32(34)30-20-13-25(10-5-2)14-21-30/h13-17,19-24H,4-11H2,1-3H3/b33-32+. The van der Waals surface area contributed by atoms with Crippen LogP contribution >= 0.6 is 0 Å². The zero-order valence-corrected chi connectivity index (χ0v) is 21.3. The molecule has 0 spiro atoms. The molecule has 0 heterocycles. The van der Waals surface area contributed by atoms with Gasteiger partial charge in [0.05, 0.1) is 0 Å². The van der Waals surface area contributed by atoms with E-state index in [9.17, 15) is 8.78 Å². The molecule has 0 fully saturated rings. The highest BCUT2D eigenvalue weighted by Crippen LogP contribution is 2.29. The highest BCUT2D eigenvalue weighted by atomic mass is 19.2. The third-order valence-electron chi connectivity index (χ3n) is 6.29. The van der Waals surface area contributed by atoms with Crippen LogP contribution in [0, 0.1) is 11.8 Å². The van der Waals surface area contributed by atoms with E-state index in [1.54, 1.807) is 36.4 Å². The number of halogens is 2. The Morgan fingerprint density at radius 3 is 1.86 bits per heavy atom. The van der Waals surface area contributed by atoms with Crippen molar-refractivity contribution in [1.82, 2.24) is 0 Å². The van der Waals surface area contributed by atoms with E-state index >= 15 is 0 Å². The molecule has 3 rings (SSSR count). The summed E-state index contributed by atoms with van der Waals surface area (Å²) in [6.07, 6.45) is 9.04. The fourth-order valence-electron chi connectivity index (χ4n) is 4.17. The molecule has 0 saturated carbocycles. The second-order valence-corrected chi connectivity index (χ2v) is 9.06.